The van der Waals surface area contributed by atoms with Gasteiger partial charge in [0.05, 0.1) is 10.6 Å². The molecule has 1 aromatic heterocycles. The van der Waals surface area contributed by atoms with Crippen LogP contribution < -0.4 is 0 Å². The van der Waals surface area contributed by atoms with E-state index in [1.807, 2.05) is 0 Å². The smallest absolute Gasteiger partial charge is 0.303 e. The summed E-state index contributed by atoms with van der Waals surface area (Å²) in [7, 11) is 0. The van der Waals surface area contributed by atoms with Crippen molar-refractivity contribution in [1.29, 1.82) is 0 Å². The van der Waals surface area contributed by atoms with Gasteiger partial charge in [-0.3, -0.25) is 33.9 Å². The molecule has 38 heavy (non-hydrogen) atoms. The van der Waals surface area contributed by atoms with E-state index in [0.29, 0.717) is 11.3 Å². The van der Waals surface area contributed by atoms with Crippen LogP contribution in [0.4, 0.5) is 0 Å². The first-order chi connectivity index (χ1) is 17.9. The number of allylic oxidation sites excluding steroid dienone is 1. The highest BCUT2D eigenvalue weighted by atomic mass is 32.2. The molecule has 0 saturated carbocycles. The van der Waals surface area contributed by atoms with Crippen molar-refractivity contribution >= 4 is 63.7 Å². The van der Waals surface area contributed by atoms with Crippen LogP contribution in [0.1, 0.15) is 40.3 Å². The van der Waals surface area contributed by atoms with Gasteiger partial charge in [-0.2, -0.15) is 0 Å². The normalized spacial score (nSPS) is 26.4. The number of hydrogen-bond acceptors (Lipinski definition) is 13. The van der Waals surface area contributed by atoms with Crippen LogP contribution in [-0.2, 0) is 47.7 Å². The van der Waals surface area contributed by atoms with Gasteiger partial charge in [0.25, 0.3) is 5.91 Å². The Balaban J connectivity index is 2.09. The highest BCUT2D eigenvalue weighted by molar-refractivity contribution is 8.26. The van der Waals surface area contributed by atoms with Gasteiger partial charge in [-0.25, -0.2) is 0 Å². The molecule has 3 heterocycles. The zero-order valence-corrected chi connectivity index (χ0v) is 22.8. The molecular weight excluding hydrogens is 540 g/mol. The monoisotopic (exact) mass is 566 g/mol. The maximum Gasteiger partial charge on any atom is 0.303 e. The van der Waals surface area contributed by atoms with Gasteiger partial charge < -0.3 is 23.7 Å². The predicted octanol–water partition coefficient (Wildman–Crippen LogP) is 1.76. The van der Waals surface area contributed by atoms with E-state index in [1.54, 1.807) is 31.3 Å². The minimum absolute atomic E-state index is 0.0705. The lowest BCUT2D eigenvalue weighted by Crippen LogP contribution is -2.66. The number of esters is 4. The van der Waals surface area contributed by atoms with E-state index in [2.05, 4.69) is 4.98 Å². The molecular formula is C24H26N2O10S2. The summed E-state index contributed by atoms with van der Waals surface area (Å²) < 4.78 is 27.5. The van der Waals surface area contributed by atoms with Crippen LogP contribution in [0.25, 0.3) is 5.57 Å². The van der Waals surface area contributed by atoms with Gasteiger partial charge in [-0.05, 0) is 24.6 Å². The molecule has 0 aliphatic carbocycles. The summed E-state index contributed by atoms with van der Waals surface area (Å²) in [5.74, 6) is -3.55. The van der Waals surface area contributed by atoms with Crippen molar-refractivity contribution in [3.8, 4) is 0 Å². The fourth-order valence-corrected chi connectivity index (χ4v) is 5.28. The number of amides is 1. The van der Waals surface area contributed by atoms with Gasteiger partial charge in [-0.15, -0.1) is 0 Å². The third kappa shape index (κ3) is 6.74. The molecule has 0 bridgehead atoms. The largest absolute Gasteiger partial charge is 0.463 e. The Morgan fingerprint density at radius 1 is 0.947 bits per heavy atom. The van der Waals surface area contributed by atoms with Crippen molar-refractivity contribution in [2.45, 2.75) is 65.3 Å². The number of thiocarbonyl (C=S) groups is 1. The van der Waals surface area contributed by atoms with Crippen molar-refractivity contribution in [1.82, 2.24) is 9.88 Å². The van der Waals surface area contributed by atoms with Crippen LogP contribution in [0.15, 0.2) is 29.3 Å². The van der Waals surface area contributed by atoms with E-state index < -0.39 is 67.0 Å². The zero-order valence-electron chi connectivity index (χ0n) is 21.2. The van der Waals surface area contributed by atoms with Gasteiger partial charge in [0.15, 0.2) is 28.9 Å². The molecule has 2 saturated heterocycles. The Hall–Kier alpha value is -3.36. The van der Waals surface area contributed by atoms with Gasteiger partial charge in [0.1, 0.15) is 12.7 Å². The van der Waals surface area contributed by atoms with Crippen LogP contribution in [-0.4, -0.2) is 81.2 Å². The van der Waals surface area contributed by atoms with Crippen molar-refractivity contribution in [3.05, 3.63) is 35.0 Å². The molecule has 0 aromatic carbocycles. The number of rotatable bonds is 7. The molecule has 3 rings (SSSR count). The molecule has 0 spiro atoms. The minimum atomic E-state index is -1.45. The lowest BCUT2D eigenvalue weighted by molar-refractivity contribution is -0.268. The fourth-order valence-electron chi connectivity index (χ4n) is 3.94. The van der Waals surface area contributed by atoms with Gasteiger partial charge in [-0.1, -0.05) is 30.0 Å². The van der Waals surface area contributed by atoms with Gasteiger partial charge in [0.2, 0.25) is 0 Å². The summed E-state index contributed by atoms with van der Waals surface area (Å²) in [5, 5.41) is 0. The van der Waals surface area contributed by atoms with E-state index in [1.165, 1.54) is 6.92 Å². The number of nitrogens with zero attached hydrogens (tertiary/aromatic N) is 2. The molecule has 1 amide bonds. The first kappa shape index (κ1) is 29.2. The SMILES string of the molecule is CC(=O)OC[C@@H]1O[C@@H](N2C(=O)/C(=C(\C)c3ccccn3)SC2=S)[C@H](OC(C)=O)[C@H](OC(C)=O)[C@@H]1OC(C)=O. The van der Waals surface area contributed by atoms with E-state index in [4.69, 9.17) is 35.9 Å². The second-order valence-electron chi connectivity index (χ2n) is 8.30. The quantitative estimate of drug-likeness (QED) is 0.204. The summed E-state index contributed by atoms with van der Waals surface area (Å²) in [6.45, 7) is 5.80. The van der Waals surface area contributed by atoms with Crippen LogP contribution in [0.5, 0.6) is 0 Å². The minimum Gasteiger partial charge on any atom is -0.463 e. The molecule has 0 radical (unpaired) electrons. The van der Waals surface area contributed by atoms with Crippen LogP contribution >= 0.6 is 24.0 Å². The molecule has 204 valence electrons. The van der Waals surface area contributed by atoms with Crippen molar-refractivity contribution < 1.29 is 47.7 Å². The van der Waals surface area contributed by atoms with Crippen molar-refractivity contribution in [2.24, 2.45) is 0 Å². The van der Waals surface area contributed by atoms with Crippen LogP contribution in [0, 0.1) is 0 Å². The van der Waals surface area contributed by atoms with E-state index in [0.717, 1.165) is 37.4 Å². The van der Waals surface area contributed by atoms with Crippen molar-refractivity contribution in [3.63, 3.8) is 0 Å². The summed E-state index contributed by atoms with van der Waals surface area (Å²) >= 11 is 6.49. The Kier molecular flexibility index (Phi) is 9.57. The van der Waals surface area contributed by atoms with Crippen LogP contribution in [0.3, 0.4) is 0 Å². The Morgan fingerprint density at radius 2 is 1.55 bits per heavy atom. The molecule has 2 fully saturated rings. The fraction of sp³-hybridized carbons (Fsp3) is 0.458. The topological polar surface area (TPSA) is 148 Å². The zero-order chi connectivity index (χ0) is 28.1. The molecule has 0 unspecified atom stereocenters. The first-order valence-corrected chi connectivity index (χ1v) is 12.6. The maximum atomic E-state index is 13.7. The lowest BCUT2D eigenvalue weighted by atomic mass is 9.96. The molecule has 14 heteroatoms. The van der Waals surface area contributed by atoms with E-state index in [9.17, 15) is 24.0 Å². The average molecular weight is 567 g/mol. The predicted molar refractivity (Wildman–Crippen MR) is 136 cm³/mol. The number of aromatic nitrogens is 1. The first-order valence-electron chi connectivity index (χ1n) is 11.4. The highest BCUT2D eigenvalue weighted by Gasteiger charge is 2.56. The van der Waals surface area contributed by atoms with E-state index >= 15 is 0 Å². The third-order valence-electron chi connectivity index (χ3n) is 5.41. The second-order valence-corrected chi connectivity index (χ2v) is 9.95. The standard InChI is InChI=1S/C24H26N2O10S2/c1-11(16-8-6-7-9-25-16)21-22(31)26(24(37)38-21)23-20(35-15(5)30)19(34-14(4)29)18(33-13(3)28)17(36-23)10-32-12(2)27/h6-9,17-20,23H,10H2,1-5H3/b21-11-/t17-,18+,19+,20+,23+/m0/s1. The number of pyridine rings is 1. The number of ether oxygens (including phenoxy) is 5. The maximum absolute atomic E-state index is 13.7. The van der Waals surface area contributed by atoms with Gasteiger partial charge >= 0.3 is 23.9 Å². The number of thioether (sulfide) groups is 1. The second kappa shape index (κ2) is 12.5. The Labute approximate surface area is 228 Å². The van der Waals surface area contributed by atoms with E-state index in [-0.39, 0.29) is 9.23 Å². The Morgan fingerprint density at radius 3 is 2.11 bits per heavy atom. The van der Waals surface area contributed by atoms with Gasteiger partial charge in [0, 0.05) is 33.9 Å². The van der Waals surface area contributed by atoms with Crippen molar-refractivity contribution in [2.75, 3.05) is 6.61 Å². The molecule has 5 atom stereocenters. The highest BCUT2D eigenvalue weighted by Crippen LogP contribution is 2.41. The Bertz CT molecular complexity index is 1170. The molecule has 1 aromatic rings. The number of carbonyl (C=O) groups is 5. The summed E-state index contributed by atoms with van der Waals surface area (Å²) in [5.41, 5.74) is 1.10. The number of hydrogen-bond donors (Lipinski definition) is 0. The summed E-state index contributed by atoms with van der Waals surface area (Å²) in [6, 6.07) is 5.24. The molecule has 0 N–H and O–H groups in total. The lowest BCUT2D eigenvalue weighted by Gasteiger charge is -2.46. The molecule has 2 aliphatic rings. The third-order valence-corrected chi connectivity index (χ3v) is 6.91. The number of carbonyl (C=O) groups excluding carboxylic acids is 5. The average Bonchev–Trinajstić information content (AvgIpc) is 3.13. The molecule has 2 aliphatic heterocycles. The van der Waals surface area contributed by atoms with Crippen LogP contribution in [0.2, 0.25) is 0 Å². The molecule has 12 nitrogen and oxygen atoms in total. The summed E-state index contributed by atoms with van der Waals surface area (Å²) in [4.78, 5) is 66.9. The summed E-state index contributed by atoms with van der Waals surface area (Å²) in [6.07, 6.45) is -5.28.